The predicted molar refractivity (Wildman–Crippen MR) is 232 cm³/mol. The molecule has 2 aliphatic heterocycles. The molecule has 0 unspecified atom stereocenters. The summed E-state index contributed by atoms with van der Waals surface area (Å²) in [5.41, 5.74) is 12.8. The minimum Gasteiger partial charge on any atom is -0.497 e. The van der Waals surface area contributed by atoms with Crippen molar-refractivity contribution in [1.29, 1.82) is 0 Å². The van der Waals surface area contributed by atoms with Crippen molar-refractivity contribution in [3.8, 4) is 67.5 Å². The molecule has 0 atom stereocenters. The van der Waals surface area contributed by atoms with Crippen molar-refractivity contribution in [3.05, 3.63) is 138 Å². The van der Waals surface area contributed by atoms with E-state index in [0.717, 1.165) is 72.3 Å². The van der Waals surface area contributed by atoms with Gasteiger partial charge in [0.25, 0.3) is 0 Å². The van der Waals surface area contributed by atoms with Gasteiger partial charge in [-0.05, 0) is 119 Å². The first-order valence-corrected chi connectivity index (χ1v) is 18.7. The van der Waals surface area contributed by atoms with Crippen LogP contribution in [0.5, 0.6) is 23.0 Å². The monoisotopic (exact) mass is 779 g/mol. The molecule has 11 nitrogen and oxygen atoms in total. The first-order chi connectivity index (χ1) is 28.8. The minimum atomic E-state index is -1.01. The molecule has 0 spiro atoms. The second-order valence-electron chi connectivity index (χ2n) is 13.8. The molecule has 11 heteroatoms. The molecule has 9 rings (SSSR count). The van der Waals surface area contributed by atoms with Gasteiger partial charge in [0.15, 0.2) is 0 Å². The van der Waals surface area contributed by atoms with Crippen LogP contribution in [0.15, 0.2) is 109 Å². The van der Waals surface area contributed by atoms with E-state index < -0.39 is 5.97 Å². The molecule has 0 radical (unpaired) electrons. The van der Waals surface area contributed by atoms with Crippen LogP contribution in [0.3, 0.4) is 0 Å². The van der Waals surface area contributed by atoms with E-state index in [-0.39, 0.29) is 5.56 Å². The van der Waals surface area contributed by atoms with Crippen LogP contribution in [0.4, 0.5) is 0 Å². The molecule has 0 aliphatic carbocycles. The van der Waals surface area contributed by atoms with Crippen LogP contribution in [0.1, 0.15) is 33.1 Å². The summed E-state index contributed by atoms with van der Waals surface area (Å²) in [5.74, 6) is 1.49. The van der Waals surface area contributed by atoms with Gasteiger partial charge in [0, 0.05) is 68.8 Å². The van der Waals surface area contributed by atoms with Gasteiger partial charge in [-0.1, -0.05) is 12.1 Å². The number of nitrogens with one attached hydrogen (secondary N) is 2. The third kappa shape index (κ3) is 6.84. The molecule has 8 bridgehead atoms. The second-order valence-corrected chi connectivity index (χ2v) is 13.8. The van der Waals surface area contributed by atoms with Gasteiger partial charge in [0.05, 0.1) is 56.8 Å². The number of carbonyl (C=O) groups is 1. The Balaban J connectivity index is 1.47. The van der Waals surface area contributed by atoms with Gasteiger partial charge in [0.1, 0.15) is 23.0 Å². The fraction of sp³-hybridized carbons (Fsp3) is 0.0833. The highest BCUT2D eigenvalue weighted by molar-refractivity contribution is 6.00. The van der Waals surface area contributed by atoms with Crippen LogP contribution in [-0.2, 0) is 0 Å². The topological polar surface area (TPSA) is 144 Å². The van der Waals surface area contributed by atoms with Crippen molar-refractivity contribution in [2.24, 2.45) is 0 Å². The molecule has 0 saturated heterocycles. The number of aromatic amines is 2. The number of rotatable bonds is 9. The Morgan fingerprint density at radius 2 is 0.797 bits per heavy atom. The van der Waals surface area contributed by atoms with Gasteiger partial charge in [-0.15, -0.1) is 0 Å². The van der Waals surface area contributed by atoms with Crippen LogP contribution in [0.2, 0.25) is 0 Å². The molecule has 0 fully saturated rings. The molecule has 4 aromatic heterocycles. The summed E-state index contributed by atoms with van der Waals surface area (Å²) in [7, 11) is 6.50. The number of ether oxygens (including phenoxy) is 4. The van der Waals surface area contributed by atoms with E-state index in [9.17, 15) is 9.90 Å². The number of pyridine rings is 1. The van der Waals surface area contributed by atoms with E-state index >= 15 is 0 Å². The molecule has 0 saturated carbocycles. The highest BCUT2D eigenvalue weighted by atomic mass is 16.5. The van der Waals surface area contributed by atoms with Gasteiger partial charge >= 0.3 is 5.97 Å². The van der Waals surface area contributed by atoms with E-state index in [0.29, 0.717) is 40.1 Å². The Hall–Kier alpha value is -7.92. The standard InChI is InChI=1S/C48H37N5O6/c1-56-32-21-30(22-33(25-32)57-2)46-40-13-9-36(50-40)44(27-5-7-29(8-6-27)48(54)55)37-10-14-41(51-37)47(31-23-34(58-3)26-35(24-31)59-4)43-16-12-39(53-43)45(28-17-19-49-20-18-28)38-11-15-42(46)52-38/h5-26,50,53H,1-4H3,(H,54,55). The summed E-state index contributed by atoms with van der Waals surface area (Å²) in [5, 5.41) is 9.75. The van der Waals surface area contributed by atoms with Gasteiger partial charge in [-0.2, -0.15) is 0 Å². The Labute approximate surface area is 338 Å². The quantitative estimate of drug-likeness (QED) is 0.130. The molecule has 7 aromatic rings. The van der Waals surface area contributed by atoms with E-state index in [2.05, 4.69) is 21.0 Å². The average molecular weight is 780 g/mol. The summed E-state index contributed by atoms with van der Waals surface area (Å²) in [6.07, 6.45) is 11.5. The lowest BCUT2D eigenvalue weighted by molar-refractivity contribution is 0.0697. The summed E-state index contributed by atoms with van der Waals surface area (Å²) < 4.78 is 22.9. The molecule has 3 aromatic carbocycles. The Morgan fingerprint density at radius 1 is 0.458 bits per heavy atom. The van der Waals surface area contributed by atoms with Gasteiger partial charge in [-0.25, -0.2) is 14.8 Å². The number of carboxylic acid groups (broad SMARTS) is 1. The number of hydrogen-bond donors (Lipinski definition) is 3. The zero-order valence-corrected chi connectivity index (χ0v) is 32.5. The molecule has 0 amide bonds. The number of aromatic nitrogens is 5. The summed E-state index contributed by atoms with van der Waals surface area (Å²) in [4.78, 5) is 34.3. The Morgan fingerprint density at radius 3 is 1.14 bits per heavy atom. The zero-order chi connectivity index (χ0) is 40.6. The van der Waals surface area contributed by atoms with Crippen molar-refractivity contribution in [2.75, 3.05) is 28.4 Å². The van der Waals surface area contributed by atoms with E-state index in [4.69, 9.17) is 28.9 Å². The maximum atomic E-state index is 11.9. The molecule has 290 valence electrons. The number of aromatic carboxylic acids is 1. The molecule has 3 N–H and O–H groups in total. The molecular formula is C48H37N5O6. The first kappa shape index (κ1) is 36.7. The zero-order valence-electron chi connectivity index (χ0n) is 32.5. The lowest BCUT2D eigenvalue weighted by atomic mass is 10.0. The third-order valence-corrected chi connectivity index (χ3v) is 10.4. The van der Waals surface area contributed by atoms with Crippen LogP contribution in [0, 0.1) is 0 Å². The summed E-state index contributed by atoms with van der Waals surface area (Å²) in [6, 6.07) is 30.4. The molecular weight excluding hydrogens is 743 g/mol. The largest absolute Gasteiger partial charge is 0.497 e. The lowest BCUT2D eigenvalue weighted by Gasteiger charge is -2.10. The van der Waals surface area contributed by atoms with Crippen molar-refractivity contribution in [3.63, 3.8) is 0 Å². The van der Waals surface area contributed by atoms with Crippen LogP contribution in [0.25, 0.3) is 90.9 Å². The maximum Gasteiger partial charge on any atom is 0.335 e. The lowest BCUT2D eigenvalue weighted by Crippen LogP contribution is -1.95. The first-order valence-electron chi connectivity index (χ1n) is 18.7. The fourth-order valence-corrected chi connectivity index (χ4v) is 7.62. The highest BCUT2D eigenvalue weighted by Crippen LogP contribution is 2.41. The van der Waals surface area contributed by atoms with E-state index in [1.54, 1.807) is 65.1 Å². The van der Waals surface area contributed by atoms with Crippen LogP contribution < -0.4 is 18.9 Å². The SMILES string of the molecule is COc1cc(OC)cc(-c2c3nc(c(-c4ccc(C(=O)O)cc4)c4ccc([nH]4)c(-c4cc(OC)cc(OC)c4)c4nc(c(-c5ccncc5)c5ccc2[nH]5)C=C4)C=C3)c1. The van der Waals surface area contributed by atoms with Crippen molar-refractivity contribution < 1.29 is 28.8 Å². The van der Waals surface area contributed by atoms with Gasteiger partial charge < -0.3 is 34.0 Å². The third-order valence-electron chi connectivity index (χ3n) is 10.4. The highest BCUT2D eigenvalue weighted by Gasteiger charge is 2.20. The normalized spacial score (nSPS) is 11.7. The van der Waals surface area contributed by atoms with Crippen molar-refractivity contribution >= 4 is 52.3 Å². The van der Waals surface area contributed by atoms with E-state index in [1.807, 2.05) is 91.0 Å². The van der Waals surface area contributed by atoms with E-state index in [1.165, 1.54) is 0 Å². The smallest absolute Gasteiger partial charge is 0.335 e. The summed E-state index contributed by atoms with van der Waals surface area (Å²) in [6.45, 7) is 0. The van der Waals surface area contributed by atoms with Crippen molar-refractivity contribution in [2.45, 2.75) is 0 Å². The Kier molecular flexibility index (Phi) is 9.46. The number of benzene rings is 3. The van der Waals surface area contributed by atoms with Gasteiger partial charge in [0.2, 0.25) is 0 Å². The summed E-state index contributed by atoms with van der Waals surface area (Å²) >= 11 is 0. The number of carboxylic acids is 1. The van der Waals surface area contributed by atoms with Crippen molar-refractivity contribution in [1.82, 2.24) is 24.9 Å². The van der Waals surface area contributed by atoms with Gasteiger partial charge in [-0.3, -0.25) is 4.98 Å². The van der Waals surface area contributed by atoms with Crippen LogP contribution in [-0.4, -0.2) is 64.4 Å². The fourth-order valence-electron chi connectivity index (χ4n) is 7.62. The maximum absolute atomic E-state index is 11.9. The molecule has 2 aliphatic rings. The Bertz CT molecular complexity index is 2920. The number of hydrogen-bond acceptors (Lipinski definition) is 8. The average Bonchev–Trinajstić information content (AvgIpc) is 4.12. The number of H-pyrrole nitrogens is 2. The predicted octanol–water partition coefficient (Wildman–Crippen LogP) is 10.5. The second kappa shape index (κ2) is 15.2. The number of fused-ring (bicyclic) bond motifs is 8. The number of methoxy groups -OCH3 is 4. The number of nitrogens with zero attached hydrogens (tertiary/aromatic N) is 3. The van der Waals surface area contributed by atoms with Crippen LogP contribution >= 0.6 is 0 Å². The molecule has 59 heavy (non-hydrogen) atoms. The minimum absolute atomic E-state index is 0.180. The molecule has 6 heterocycles.